The van der Waals surface area contributed by atoms with Gasteiger partial charge in [0.05, 0.1) is 0 Å². The highest BCUT2D eigenvalue weighted by molar-refractivity contribution is 5.87. The summed E-state index contributed by atoms with van der Waals surface area (Å²) in [6.45, 7) is 5.54. The first-order chi connectivity index (χ1) is 14.7. The average molecular weight is 424 g/mol. The van der Waals surface area contributed by atoms with Crippen LogP contribution < -0.4 is 10.4 Å². The summed E-state index contributed by atoms with van der Waals surface area (Å²) < 4.78 is 11.4. The first kappa shape index (κ1) is 22.4. The van der Waals surface area contributed by atoms with Gasteiger partial charge in [0.1, 0.15) is 34.0 Å². The number of benzene rings is 1. The van der Waals surface area contributed by atoms with Gasteiger partial charge in [-0.2, -0.15) is 0 Å². The maximum Gasteiger partial charge on any atom is 0.347 e. The molecule has 0 saturated heterocycles. The zero-order valence-electron chi connectivity index (χ0n) is 18.0. The molecule has 1 aliphatic heterocycles. The van der Waals surface area contributed by atoms with Gasteiger partial charge < -0.3 is 24.5 Å². The van der Waals surface area contributed by atoms with E-state index in [2.05, 4.69) is 0 Å². The van der Waals surface area contributed by atoms with Crippen LogP contribution in [0.2, 0.25) is 0 Å². The molecule has 3 rings (SSSR count). The quantitative estimate of drug-likeness (QED) is 0.675. The van der Waals surface area contributed by atoms with Crippen molar-refractivity contribution < 1.29 is 24.5 Å². The van der Waals surface area contributed by atoms with Crippen LogP contribution in [-0.4, -0.2) is 27.5 Å². The minimum Gasteiger partial charge on any atom is -0.508 e. The van der Waals surface area contributed by atoms with Crippen LogP contribution in [0.5, 0.6) is 17.2 Å². The van der Waals surface area contributed by atoms with Gasteiger partial charge in [-0.05, 0) is 68.8 Å². The number of ether oxygens (including phenoxy) is 1. The van der Waals surface area contributed by atoms with E-state index in [0.29, 0.717) is 41.7 Å². The van der Waals surface area contributed by atoms with Gasteiger partial charge >= 0.3 is 5.63 Å². The summed E-state index contributed by atoms with van der Waals surface area (Å²) in [6, 6.07) is 13.1. The minimum absolute atomic E-state index is 0.0328. The molecule has 164 valence electrons. The molecule has 0 bridgehead atoms. The third kappa shape index (κ3) is 5.47. The van der Waals surface area contributed by atoms with Crippen LogP contribution in [-0.2, 0) is 12.8 Å². The number of phenols is 1. The minimum atomic E-state index is -0.684. The highest BCUT2D eigenvalue weighted by atomic mass is 16.5. The Labute approximate surface area is 181 Å². The normalized spacial score (nSPS) is 13.7. The molecule has 0 aliphatic carbocycles. The lowest BCUT2D eigenvalue weighted by Crippen LogP contribution is -2.24. The fraction of sp³-hybridized carbons (Fsp3) is 0.320. The van der Waals surface area contributed by atoms with E-state index in [4.69, 9.17) is 14.3 Å². The number of aliphatic hydroxyl groups is 1. The van der Waals surface area contributed by atoms with Crippen molar-refractivity contribution >= 4 is 10.8 Å². The predicted molar refractivity (Wildman–Crippen MR) is 120 cm³/mol. The Bertz CT molecular complexity index is 1160. The van der Waals surface area contributed by atoms with Crippen LogP contribution in [0.1, 0.15) is 37.2 Å². The van der Waals surface area contributed by atoms with Crippen molar-refractivity contribution in [2.24, 2.45) is 0 Å². The van der Waals surface area contributed by atoms with E-state index in [0.717, 1.165) is 5.56 Å². The maximum absolute atomic E-state index is 12.7. The highest BCUT2D eigenvalue weighted by Gasteiger charge is 2.30. The number of rotatable bonds is 3. The van der Waals surface area contributed by atoms with Gasteiger partial charge in [0.25, 0.3) is 0 Å². The van der Waals surface area contributed by atoms with Gasteiger partial charge in [0, 0.05) is 18.6 Å². The smallest absolute Gasteiger partial charge is 0.347 e. The third-order valence-electron chi connectivity index (χ3n) is 4.99. The SMILES string of the molecule is Cc1cccc(O)c2c(cccc3cc(CCCO)cc(O)c3c(=O)o1)OC(C)(C)C2. The molecule has 1 aliphatic rings. The zero-order chi connectivity index (χ0) is 22.6. The second-order valence-corrected chi connectivity index (χ2v) is 8.22. The molecule has 3 N–H and O–H groups in total. The Morgan fingerprint density at radius 3 is 2.52 bits per heavy atom. The maximum atomic E-state index is 12.7. The Morgan fingerprint density at radius 1 is 1.03 bits per heavy atom. The zero-order valence-corrected chi connectivity index (χ0v) is 18.0. The van der Waals surface area contributed by atoms with E-state index in [1.54, 1.807) is 43.3 Å². The molecule has 0 amide bonds. The van der Waals surface area contributed by atoms with E-state index in [9.17, 15) is 15.0 Å². The Balaban J connectivity index is 2.36. The van der Waals surface area contributed by atoms with Crippen LogP contribution in [0, 0.1) is 6.92 Å². The van der Waals surface area contributed by atoms with E-state index >= 15 is 0 Å². The molecule has 1 aromatic heterocycles. The van der Waals surface area contributed by atoms with Crippen LogP contribution in [0.15, 0.2) is 57.7 Å². The van der Waals surface area contributed by atoms with Crippen molar-refractivity contribution in [1.29, 1.82) is 0 Å². The van der Waals surface area contributed by atoms with E-state index in [1.807, 2.05) is 13.8 Å². The van der Waals surface area contributed by atoms with Crippen molar-refractivity contribution in [2.75, 3.05) is 6.61 Å². The van der Waals surface area contributed by atoms with Crippen molar-refractivity contribution in [3.8, 4) is 17.2 Å². The molecule has 6 nitrogen and oxygen atoms in total. The fourth-order valence-electron chi connectivity index (χ4n) is 3.60. The molecule has 6 heteroatoms. The fourth-order valence-corrected chi connectivity index (χ4v) is 3.60. The van der Waals surface area contributed by atoms with E-state index < -0.39 is 11.2 Å². The molecule has 0 radical (unpaired) electrons. The summed E-state index contributed by atoms with van der Waals surface area (Å²) in [4.78, 5) is 12.7. The number of aromatic hydroxyl groups is 2. The van der Waals surface area contributed by atoms with Gasteiger partial charge in [-0.15, -0.1) is 0 Å². The molecule has 1 aromatic carbocycles. The largest absolute Gasteiger partial charge is 0.508 e. The molecule has 0 unspecified atom stereocenters. The lowest BCUT2D eigenvalue weighted by molar-refractivity contribution is 0.138. The first-order valence-electron chi connectivity index (χ1n) is 10.2. The van der Waals surface area contributed by atoms with Gasteiger partial charge in [-0.3, -0.25) is 0 Å². The Kier molecular flexibility index (Phi) is 6.71. The van der Waals surface area contributed by atoms with Gasteiger partial charge in [-0.25, -0.2) is 4.79 Å². The molecule has 2 aromatic rings. The summed E-state index contributed by atoms with van der Waals surface area (Å²) in [5.74, 6) is 0.765. The summed E-state index contributed by atoms with van der Waals surface area (Å²) in [6.07, 6.45) is 1.65. The molecular formula is C25H28O6. The number of hydrogen-bond donors (Lipinski definition) is 3. The summed E-state index contributed by atoms with van der Waals surface area (Å²) in [5.41, 5.74) is 0.342. The van der Waals surface area contributed by atoms with Crippen molar-refractivity contribution in [3.05, 3.63) is 75.8 Å². The standard InChI is InChI=1S/C25H28O6/c1-16-7-4-10-20(27)19-15-25(2,3)31-22(19)11-5-9-18-13-17(8-6-12-26)14-21(28)23(18)24(29)30-16/h4-5,7,9-11,13-14,26-28H,6,8,12,15H2,1-3H3. The van der Waals surface area contributed by atoms with Gasteiger partial charge in [0.15, 0.2) is 0 Å². The number of phenolic OH excluding ortho intramolecular Hbond substituents is 1. The Morgan fingerprint density at radius 2 is 1.77 bits per heavy atom. The third-order valence-corrected chi connectivity index (χ3v) is 4.99. The molecule has 0 saturated carbocycles. The number of hydrogen-bond acceptors (Lipinski definition) is 6. The monoisotopic (exact) mass is 424 g/mol. The van der Waals surface area contributed by atoms with Crippen LogP contribution >= 0.6 is 0 Å². The van der Waals surface area contributed by atoms with Gasteiger partial charge in [0.2, 0.25) is 0 Å². The predicted octanol–water partition coefficient (Wildman–Crippen LogP) is 4.40. The summed E-state index contributed by atoms with van der Waals surface area (Å²) in [7, 11) is 0. The average Bonchev–Trinajstić information content (AvgIpc) is 2.99. The van der Waals surface area contributed by atoms with Crippen molar-refractivity contribution in [2.45, 2.75) is 45.6 Å². The molecule has 0 spiro atoms. The summed E-state index contributed by atoms with van der Waals surface area (Å²) in [5, 5.41) is 30.7. The Hall–Kier alpha value is -3.25. The van der Waals surface area contributed by atoms with Crippen LogP contribution in [0.4, 0.5) is 0 Å². The second-order valence-electron chi connectivity index (χ2n) is 8.22. The number of fused-ring (bicyclic) bond motifs is 2. The highest BCUT2D eigenvalue weighted by Crippen LogP contribution is 2.38. The second kappa shape index (κ2) is 9.27. The number of aryl methyl sites for hydroxylation is 2. The topological polar surface area (TPSA) is 100 Å². The molecule has 2 heterocycles. The molecule has 31 heavy (non-hydrogen) atoms. The molecule has 0 fully saturated rings. The lowest BCUT2D eigenvalue weighted by Gasteiger charge is -2.16. The van der Waals surface area contributed by atoms with Crippen LogP contribution in [0.3, 0.4) is 0 Å². The molecular weight excluding hydrogens is 396 g/mol. The van der Waals surface area contributed by atoms with E-state index in [1.165, 1.54) is 12.1 Å². The van der Waals surface area contributed by atoms with Gasteiger partial charge in [-0.1, -0.05) is 24.3 Å². The van der Waals surface area contributed by atoms with Crippen molar-refractivity contribution in [1.82, 2.24) is 0 Å². The first-order valence-corrected chi connectivity index (χ1v) is 10.2. The number of aliphatic hydroxyl groups excluding tert-OH is 1. The van der Waals surface area contributed by atoms with Crippen LogP contribution in [0.25, 0.3) is 10.8 Å². The molecule has 0 atom stereocenters. The van der Waals surface area contributed by atoms with Crippen molar-refractivity contribution in [3.63, 3.8) is 0 Å². The summed E-state index contributed by atoms with van der Waals surface area (Å²) >= 11 is 0. The lowest BCUT2D eigenvalue weighted by atomic mass is 10.0. The van der Waals surface area contributed by atoms with E-state index in [-0.39, 0.29) is 23.5 Å².